The Morgan fingerprint density at radius 3 is 2.41 bits per heavy atom. The summed E-state index contributed by atoms with van der Waals surface area (Å²) in [6, 6.07) is 0. The van der Waals surface area contributed by atoms with Crippen molar-refractivity contribution in [2.45, 2.75) is 40.0 Å². The van der Waals surface area contributed by atoms with E-state index in [-0.39, 0.29) is 0 Å². The average Bonchev–Trinajstić information content (AvgIpc) is 2.76. The summed E-state index contributed by atoms with van der Waals surface area (Å²) in [6.45, 7) is 10.0. The number of rotatable bonds is 4. The Morgan fingerprint density at radius 1 is 1.29 bits per heavy atom. The van der Waals surface area contributed by atoms with Gasteiger partial charge in [-0.2, -0.15) is 0 Å². The van der Waals surface area contributed by atoms with E-state index < -0.39 is 0 Å². The minimum Gasteiger partial charge on any atom is -0.349 e. The number of guanidine groups is 1. The van der Waals surface area contributed by atoms with Crippen molar-refractivity contribution >= 4 is 5.96 Å². The van der Waals surface area contributed by atoms with Crippen LogP contribution in [0, 0.1) is 11.8 Å². The van der Waals surface area contributed by atoms with Crippen molar-refractivity contribution in [3.63, 3.8) is 0 Å². The molecule has 3 heteroatoms. The molecule has 1 saturated heterocycles. The Balaban J connectivity index is 2.62. The third-order valence-electron chi connectivity index (χ3n) is 3.92. The van der Waals surface area contributed by atoms with E-state index in [2.05, 4.69) is 49.7 Å². The average molecular weight is 239 g/mol. The van der Waals surface area contributed by atoms with Gasteiger partial charge in [0.2, 0.25) is 0 Å². The van der Waals surface area contributed by atoms with Crippen LogP contribution in [0.25, 0.3) is 0 Å². The van der Waals surface area contributed by atoms with Gasteiger partial charge >= 0.3 is 0 Å². The highest BCUT2D eigenvalue weighted by Gasteiger charge is 2.29. The van der Waals surface area contributed by atoms with Gasteiger partial charge in [-0.1, -0.05) is 26.7 Å². The molecular formula is C14H29N3. The van der Waals surface area contributed by atoms with Crippen molar-refractivity contribution in [1.29, 1.82) is 0 Å². The van der Waals surface area contributed by atoms with Gasteiger partial charge in [0.1, 0.15) is 0 Å². The molecule has 0 aliphatic carbocycles. The molecule has 1 rings (SSSR count). The van der Waals surface area contributed by atoms with Crippen molar-refractivity contribution < 1.29 is 0 Å². The van der Waals surface area contributed by atoms with Gasteiger partial charge in [0.25, 0.3) is 0 Å². The van der Waals surface area contributed by atoms with Crippen LogP contribution in [0.15, 0.2) is 4.99 Å². The van der Waals surface area contributed by atoms with Crippen LogP contribution in [0.5, 0.6) is 0 Å². The van der Waals surface area contributed by atoms with Crippen LogP contribution in [0.1, 0.15) is 40.0 Å². The molecule has 0 spiro atoms. The maximum absolute atomic E-state index is 4.62. The van der Waals surface area contributed by atoms with Gasteiger partial charge in [0, 0.05) is 33.7 Å². The maximum Gasteiger partial charge on any atom is 0.196 e. The Kier molecular flexibility index (Phi) is 5.79. The Labute approximate surface area is 107 Å². The van der Waals surface area contributed by atoms with Gasteiger partial charge in [-0.3, -0.25) is 4.99 Å². The van der Waals surface area contributed by atoms with Gasteiger partial charge in [0.15, 0.2) is 5.96 Å². The lowest BCUT2D eigenvalue weighted by molar-refractivity contribution is 0.313. The van der Waals surface area contributed by atoms with Crippen LogP contribution < -0.4 is 0 Å². The van der Waals surface area contributed by atoms with Gasteiger partial charge < -0.3 is 9.80 Å². The molecule has 1 aliphatic heterocycles. The zero-order valence-electron chi connectivity index (χ0n) is 12.2. The van der Waals surface area contributed by atoms with Crippen LogP contribution in [-0.4, -0.2) is 49.5 Å². The van der Waals surface area contributed by atoms with Crippen molar-refractivity contribution in [2.75, 3.05) is 33.7 Å². The fraction of sp³-hybridized carbons (Fsp3) is 0.929. The molecule has 1 aliphatic rings. The lowest BCUT2D eigenvalue weighted by Gasteiger charge is -2.27. The maximum atomic E-state index is 4.62. The normalized spacial score (nSPS) is 21.4. The molecule has 0 saturated carbocycles. The monoisotopic (exact) mass is 239 g/mol. The molecule has 1 unspecified atom stereocenters. The zero-order valence-corrected chi connectivity index (χ0v) is 12.2. The van der Waals surface area contributed by atoms with Crippen LogP contribution in [-0.2, 0) is 0 Å². The number of aliphatic imine (C=N–C) groups is 1. The highest BCUT2D eigenvalue weighted by Crippen LogP contribution is 2.29. The summed E-state index contributed by atoms with van der Waals surface area (Å²) >= 11 is 0. The first-order valence-electron chi connectivity index (χ1n) is 7.10. The minimum atomic E-state index is 0.868. The molecular weight excluding hydrogens is 210 g/mol. The van der Waals surface area contributed by atoms with E-state index in [0.29, 0.717) is 0 Å². The van der Waals surface area contributed by atoms with E-state index in [4.69, 9.17) is 0 Å². The third-order valence-corrected chi connectivity index (χ3v) is 3.92. The van der Waals surface area contributed by atoms with Crippen molar-refractivity contribution in [3.8, 4) is 0 Å². The number of hydrogen-bond acceptors (Lipinski definition) is 1. The Bertz CT molecular complexity index is 244. The standard InChI is InChI=1S/C14H29N3/c1-6-12(7-2)13-9-10-17(11-13)14(15-8-3)16(4)5/h12-13H,6-11H2,1-5H3. The molecule has 3 nitrogen and oxygen atoms in total. The SMILES string of the molecule is CCN=C(N(C)C)N1CCC(C(CC)CC)C1. The summed E-state index contributed by atoms with van der Waals surface area (Å²) in [4.78, 5) is 9.24. The third kappa shape index (κ3) is 3.62. The van der Waals surface area contributed by atoms with Crippen LogP contribution in [0.4, 0.5) is 0 Å². The van der Waals surface area contributed by atoms with E-state index in [1.165, 1.54) is 38.3 Å². The van der Waals surface area contributed by atoms with Crippen molar-refractivity contribution in [1.82, 2.24) is 9.80 Å². The fourth-order valence-corrected chi connectivity index (χ4v) is 2.97. The molecule has 0 amide bonds. The van der Waals surface area contributed by atoms with E-state index in [1.807, 2.05) is 0 Å². The second-order valence-electron chi connectivity index (χ2n) is 5.24. The fourth-order valence-electron chi connectivity index (χ4n) is 2.97. The molecule has 1 heterocycles. The molecule has 0 aromatic rings. The smallest absolute Gasteiger partial charge is 0.196 e. The second kappa shape index (κ2) is 6.87. The Morgan fingerprint density at radius 2 is 1.94 bits per heavy atom. The topological polar surface area (TPSA) is 18.8 Å². The summed E-state index contributed by atoms with van der Waals surface area (Å²) in [5, 5.41) is 0. The van der Waals surface area contributed by atoms with Gasteiger partial charge in [-0.05, 0) is 25.2 Å². The first kappa shape index (κ1) is 14.3. The van der Waals surface area contributed by atoms with E-state index in [9.17, 15) is 0 Å². The first-order valence-corrected chi connectivity index (χ1v) is 7.10. The first-order chi connectivity index (χ1) is 8.13. The Hall–Kier alpha value is -0.730. The number of hydrogen-bond donors (Lipinski definition) is 0. The molecule has 0 bridgehead atoms. The summed E-state index contributed by atoms with van der Waals surface area (Å²) < 4.78 is 0. The second-order valence-corrected chi connectivity index (χ2v) is 5.24. The van der Waals surface area contributed by atoms with E-state index in [0.717, 1.165) is 18.4 Å². The lowest BCUT2D eigenvalue weighted by Crippen LogP contribution is -2.39. The molecule has 0 radical (unpaired) electrons. The number of likely N-dealkylation sites (tertiary alicyclic amines) is 1. The summed E-state index contributed by atoms with van der Waals surface area (Å²) in [6.07, 6.45) is 3.97. The lowest BCUT2D eigenvalue weighted by atomic mass is 9.87. The van der Waals surface area contributed by atoms with E-state index >= 15 is 0 Å². The molecule has 0 aromatic carbocycles. The minimum absolute atomic E-state index is 0.868. The molecule has 17 heavy (non-hydrogen) atoms. The highest BCUT2D eigenvalue weighted by atomic mass is 15.4. The van der Waals surface area contributed by atoms with Gasteiger partial charge in [0.05, 0.1) is 0 Å². The molecule has 1 atom stereocenters. The summed E-state index contributed by atoms with van der Waals surface area (Å²) in [5.41, 5.74) is 0. The van der Waals surface area contributed by atoms with Crippen LogP contribution >= 0.6 is 0 Å². The number of nitrogens with zero attached hydrogens (tertiary/aromatic N) is 3. The zero-order chi connectivity index (χ0) is 12.8. The molecule has 0 N–H and O–H groups in total. The predicted molar refractivity (Wildman–Crippen MR) is 75.4 cm³/mol. The molecule has 0 aromatic heterocycles. The largest absolute Gasteiger partial charge is 0.349 e. The van der Waals surface area contributed by atoms with Crippen molar-refractivity contribution in [3.05, 3.63) is 0 Å². The predicted octanol–water partition coefficient (Wildman–Crippen LogP) is 2.68. The molecule has 1 fully saturated rings. The van der Waals surface area contributed by atoms with Crippen LogP contribution in [0.2, 0.25) is 0 Å². The van der Waals surface area contributed by atoms with Crippen molar-refractivity contribution in [2.24, 2.45) is 16.8 Å². The van der Waals surface area contributed by atoms with Gasteiger partial charge in [-0.15, -0.1) is 0 Å². The van der Waals surface area contributed by atoms with Gasteiger partial charge in [-0.25, -0.2) is 0 Å². The molecule has 100 valence electrons. The highest BCUT2D eigenvalue weighted by molar-refractivity contribution is 5.79. The quantitative estimate of drug-likeness (QED) is 0.555. The summed E-state index contributed by atoms with van der Waals surface area (Å²) in [5.74, 6) is 2.93. The van der Waals surface area contributed by atoms with E-state index in [1.54, 1.807) is 0 Å². The summed E-state index contributed by atoms with van der Waals surface area (Å²) in [7, 11) is 4.19. The van der Waals surface area contributed by atoms with Crippen LogP contribution in [0.3, 0.4) is 0 Å².